The number of benzene rings is 1. The summed E-state index contributed by atoms with van der Waals surface area (Å²) in [6.07, 6.45) is -0.288. The first-order chi connectivity index (χ1) is 10.5. The zero-order valence-electron chi connectivity index (χ0n) is 13.0. The second kappa shape index (κ2) is 8.81. The predicted octanol–water partition coefficient (Wildman–Crippen LogP) is 2.01. The third-order valence-corrected chi connectivity index (χ3v) is 2.94. The molecular weight excluding hydrogens is 288 g/mol. The summed E-state index contributed by atoms with van der Waals surface area (Å²) < 4.78 is 14.7. The summed E-state index contributed by atoms with van der Waals surface area (Å²) in [5.41, 5.74) is 0.388. The largest absolute Gasteiger partial charge is 0.497 e. The van der Waals surface area contributed by atoms with E-state index >= 15 is 0 Å². The molecule has 1 aromatic carbocycles. The Morgan fingerprint density at radius 3 is 1.86 bits per heavy atom. The number of rotatable bonds is 8. The van der Waals surface area contributed by atoms with Crippen LogP contribution in [0.25, 0.3) is 0 Å². The minimum Gasteiger partial charge on any atom is -0.497 e. The van der Waals surface area contributed by atoms with Crippen LogP contribution in [-0.2, 0) is 19.1 Å². The minimum absolute atomic E-state index is 0.130. The minimum atomic E-state index is -1.24. The zero-order chi connectivity index (χ0) is 16.5. The normalized spacial score (nSPS) is 10.2. The van der Waals surface area contributed by atoms with Gasteiger partial charge < -0.3 is 14.2 Å². The van der Waals surface area contributed by atoms with Crippen LogP contribution in [0.3, 0.4) is 0 Å². The average Bonchev–Trinajstić information content (AvgIpc) is 2.52. The van der Waals surface area contributed by atoms with E-state index in [0.717, 1.165) is 0 Å². The van der Waals surface area contributed by atoms with Crippen molar-refractivity contribution in [3.05, 3.63) is 29.8 Å². The first-order valence-electron chi connectivity index (χ1n) is 7.04. The topological polar surface area (TPSA) is 78.9 Å². The standard InChI is InChI=1S/C16H20O6/c1-4-21-15(18)13(16(19)22-5-2)10-14(17)11-6-8-12(20-3)9-7-11/h6-9,13H,4-5,10H2,1-3H3. The van der Waals surface area contributed by atoms with E-state index in [2.05, 4.69) is 0 Å². The van der Waals surface area contributed by atoms with Crippen LogP contribution >= 0.6 is 0 Å². The number of Topliss-reactive ketones (excluding diaryl/α,β-unsaturated/α-hetero) is 1. The Bertz CT molecular complexity index is 502. The fourth-order valence-electron chi connectivity index (χ4n) is 1.83. The summed E-state index contributed by atoms with van der Waals surface area (Å²) in [7, 11) is 1.52. The molecule has 0 unspecified atom stereocenters. The number of methoxy groups -OCH3 is 1. The summed E-state index contributed by atoms with van der Waals surface area (Å²) >= 11 is 0. The highest BCUT2D eigenvalue weighted by atomic mass is 16.6. The van der Waals surface area contributed by atoms with Crippen molar-refractivity contribution in [3.63, 3.8) is 0 Å². The van der Waals surface area contributed by atoms with Gasteiger partial charge >= 0.3 is 11.9 Å². The molecule has 0 spiro atoms. The van der Waals surface area contributed by atoms with Crippen LogP contribution in [0.1, 0.15) is 30.6 Å². The Morgan fingerprint density at radius 2 is 1.45 bits per heavy atom. The van der Waals surface area contributed by atoms with Crippen molar-refractivity contribution in [3.8, 4) is 5.75 Å². The van der Waals surface area contributed by atoms with Gasteiger partial charge in [-0.1, -0.05) is 0 Å². The number of carbonyl (C=O) groups excluding carboxylic acids is 3. The maximum atomic E-state index is 12.2. The van der Waals surface area contributed by atoms with Crippen LogP contribution in [0.15, 0.2) is 24.3 Å². The van der Waals surface area contributed by atoms with E-state index in [1.807, 2.05) is 0 Å². The number of ether oxygens (including phenoxy) is 3. The van der Waals surface area contributed by atoms with Gasteiger partial charge in [0.25, 0.3) is 0 Å². The molecule has 0 aromatic heterocycles. The average molecular weight is 308 g/mol. The Balaban J connectivity index is 2.84. The third-order valence-electron chi connectivity index (χ3n) is 2.94. The van der Waals surface area contributed by atoms with Crippen LogP contribution in [0.5, 0.6) is 5.75 Å². The van der Waals surface area contributed by atoms with E-state index in [0.29, 0.717) is 11.3 Å². The molecule has 0 fully saturated rings. The molecule has 1 aromatic rings. The van der Waals surface area contributed by atoms with Crippen LogP contribution in [-0.4, -0.2) is 38.0 Å². The fourth-order valence-corrected chi connectivity index (χ4v) is 1.83. The van der Waals surface area contributed by atoms with Gasteiger partial charge in [-0.25, -0.2) is 0 Å². The van der Waals surface area contributed by atoms with Crippen LogP contribution in [0.4, 0.5) is 0 Å². The van der Waals surface area contributed by atoms with Crippen molar-refractivity contribution in [2.45, 2.75) is 20.3 Å². The molecule has 22 heavy (non-hydrogen) atoms. The molecule has 0 saturated heterocycles. The molecule has 0 atom stereocenters. The van der Waals surface area contributed by atoms with Crippen molar-refractivity contribution in [1.82, 2.24) is 0 Å². The van der Waals surface area contributed by atoms with E-state index in [1.54, 1.807) is 38.1 Å². The lowest BCUT2D eigenvalue weighted by Crippen LogP contribution is -2.30. The molecule has 0 radical (unpaired) electrons. The molecule has 0 bridgehead atoms. The second-order valence-electron chi connectivity index (χ2n) is 4.41. The first kappa shape index (κ1) is 17.7. The van der Waals surface area contributed by atoms with E-state index in [1.165, 1.54) is 7.11 Å². The molecule has 120 valence electrons. The number of hydrogen-bond acceptors (Lipinski definition) is 6. The summed E-state index contributed by atoms with van der Waals surface area (Å²) in [5.74, 6) is -2.46. The summed E-state index contributed by atoms with van der Waals surface area (Å²) in [6, 6.07) is 6.43. The maximum Gasteiger partial charge on any atom is 0.320 e. The van der Waals surface area contributed by atoms with Gasteiger partial charge in [0.1, 0.15) is 5.75 Å². The fraction of sp³-hybridized carbons (Fsp3) is 0.438. The lowest BCUT2D eigenvalue weighted by atomic mass is 9.98. The SMILES string of the molecule is CCOC(=O)C(CC(=O)c1ccc(OC)cc1)C(=O)OCC. The quantitative estimate of drug-likeness (QED) is 0.415. The number of ketones is 1. The smallest absolute Gasteiger partial charge is 0.320 e. The van der Waals surface area contributed by atoms with Gasteiger partial charge in [-0.2, -0.15) is 0 Å². The van der Waals surface area contributed by atoms with Crippen LogP contribution < -0.4 is 4.74 Å². The van der Waals surface area contributed by atoms with Gasteiger partial charge in [0, 0.05) is 12.0 Å². The number of carbonyl (C=O) groups is 3. The molecule has 0 heterocycles. The zero-order valence-corrected chi connectivity index (χ0v) is 13.0. The molecule has 1 rings (SSSR count). The monoisotopic (exact) mass is 308 g/mol. The van der Waals surface area contributed by atoms with Gasteiger partial charge in [-0.05, 0) is 38.1 Å². The molecule has 0 N–H and O–H groups in total. The third kappa shape index (κ3) is 4.87. The first-order valence-corrected chi connectivity index (χ1v) is 7.04. The number of hydrogen-bond donors (Lipinski definition) is 0. The molecule has 6 heteroatoms. The van der Waals surface area contributed by atoms with E-state index in [9.17, 15) is 14.4 Å². The molecule has 0 aliphatic carbocycles. The predicted molar refractivity (Wildman–Crippen MR) is 78.7 cm³/mol. The Morgan fingerprint density at radius 1 is 0.955 bits per heavy atom. The Hall–Kier alpha value is -2.37. The lowest BCUT2D eigenvalue weighted by molar-refractivity contribution is -0.161. The van der Waals surface area contributed by atoms with Gasteiger partial charge in [0.15, 0.2) is 11.7 Å². The highest BCUT2D eigenvalue weighted by Crippen LogP contribution is 2.17. The molecule has 0 aliphatic heterocycles. The summed E-state index contributed by atoms with van der Waals surface area (Å²) in [4.78, 5) is 35.9. The van der Waals surface area contributed by atoms with Crippen molar-refractivity contribution in [2.75, 3.05) is 20.3 Å². The Kier molecular flexibility index (Phi) is 7.08. The maximum absolute atomic E-state index is 12.2. The second-order valence-corrected chi connectivity index (χ2v) is 4.41. The summed E-state index contributed by atoms with van der Waals surface area (Å²) in [6.45, 7) is 3.52. The highest BCUT2D eigenvalue weighted by molar-refractivity contribution is 6.04. The van der Waals surface area contributed by atoms with Crippen molar-refractivity contribution in [1.29, 1.82) is 0 Å². The van der Waals surface area contributed by atoms with E-state index < -0.39 is 17.9 Å². The summed E-state index contributed by atoms with van der Waals surface area (Å²) in [5, 5.41) is 0. The van der Waals surface area contributed by atoms with Crippen molar-refractivity contribution < 1.29 is 28.6 Å². The van der Waals surface area contributed by atoms with Gasteiger partial charge in [-0.3, -0.25) is 14.4 Å². The molecule has 0 saturated carbocycles. The van der Waals surface area contributed by atoms with E-state index in [-0.39, 0.29) is 25.4 Å². The Labute approximate surface area is 129 Å². The molecule has 0 aliphatic rings. The molecular formula is C16H20O6. The van der Waals surface area contributed by atoms with Gasteiger partial charge in [0.2, 0.25) is 0 Å². The van der Waals surface area contributed by atoms with E-state index in [4.69, 9.17) is 14.2 Å². The van der Waals surface area contributed by atoms with Gasteiger partial charge in [-0.15, -0.1) is 0 Å². The highest BCUT2D eigenvalue weighted by Gasteiger charge is 2.32. The van der Waals surface area contributed by atoms with Crippen molar-refractivity contribution in [2.24, 2.45) is 5.92 Å². The van der Waals surface area contributed by atoms with Gasteiger partial charge in [0.05, 0.1) is 20.3 Å². The lowest BCUT2D eigenvalue weighted by Gasteiger charge is -2.13. The van der Waals surface area contributed by atoms with Crippen molar-refractivity contribution >= 4 is 17.7 Å². The van der Waals surface area contributed by atoms with Crippen LogP contribution in [0, 0.1) is 5.92 Å². The molecule has 6 nitrogen and oxygen atoms in total. The van der Waals surface area contributed by atoms with Crippen LogP contribution in [0.2, 0.25) is 0 Å². The molecule has 0 amide bonds. The number of esters is 2.